The second-order valence-corrected chi connectivity index (χ2v) is 6.34. The fourth-order valence-electron chi connectivity index (χ4n) is 3.05. The summed E-state index contributed by atoms with van der Waals surface area (Å²) < 4.78 is 1.40. The predicted octanol–water partition coefficient (Wildman–Crippen LogP) is 1.39. The van der Waals surface area contributed by atoms with E-state index in [2.05, 4.69) is 10.4 Å². The highest BCUT2D eigenvalue weighted by molar-refractivity contribution is 5.78. The van der Waals surface area contributed by atoms with Crippen LogP contribution in [0.15, 0.2) is 35.1 Å². The number of benzene rings is 1. The maximum atomic E-state index is 12.1. The molecule has 136 valence electrons. The number of aromatic nitrogens is 2. The number of nitrogens with one attached hydrogen (secondary N) is 1. The summed E-state index contributed by atoms with van der Waals surface area (Å²) in [6.45, 7) is 0.621. The lowest BCUT2D eigenvalue weighted by Crippen LogP contribution is -2.33. The Morgan fingerprint density at radius 2 is 1.96 bits per heavy atom. The molecule has 1 aliphatic carbocycles. The minimum Gasteiger partial charge on any atom is -0.354 e. The van der Waals surface area contributed by atoms with Gasteiger partial charge in [-0.3, -0.25) is 19.7 Å². The SMILES string of the molecule is O=C(Cc1ccc([N+](=O)[O-])cc1)NCCn1nc2c(cc1=O)CCCC2. The summed E-state index contributed by atoms with van der Waals surface area (Å²) in [7, 11) is 0. The van der Waals surface area contributed by atoms with Crippen LogP contribution in [0.25, 0.3) is 0 Å². The van der Waals surface area contributed by atoms with Crippen molar-refractivity contribution in [2.24, 2.45) is 0 Å². The number of aryl methyl sites for hydroxylation is 2. The van der Waals surface area contributed by atoms with Gasteiger partial charge in [-0.15, -0.1) is 0 Å². The zero-order chi connectivity index (χ0) is 18.5. The van der Waals surface area contributed by atoms with E-state index in [0.717, 1.165) is 36.9 Å². The fraction of sp³-hybridized carbons (Fsp3) is 0.389. The first-order valence-electron chi connectivity index (χ1n) is 8.63. The van der Waals surface area contributed by atoms with E-state index in [-0.39, 0.29) is 23.6 Å². The Hall–Kier alpha value is -3.03. The van der Waals surface area contributed by atoms with Gasteiger partial charge in [0.15, 0.2) is 0 Å². The molecule has 0 bridgehead atoms. The van der Waals surface area contributed by atoms with Crippen LogP contribution >= 0.6 is 0 Å². The van der Waals surface area contributed by atoms with Crippen LogP contribution in [0.2, 0.25) is 0 Å². The number of rotatable bonds is 6. The van der Waals surface area contributed by atoms with Crippen molar-refractivity contribution in [3.8, 4) is 0 Å². The van der Waals surface area contributed by atoms with E-state index >= 15 is 0 Å². The van der Waals surface area contributed by atoms with Crippen molar-refractivity contribution in [1.82, 2.24) is 15.1 Å². The molecule has 1 amide bonds. The van der Waals surface area contributed by atoms with Crippen LogP contribution in [0.5, 0.6) is 0 Å². The Bertz CT molecular complexity index is 874. The van der Waals surface area contributed by atoms with Gasteiger partial charge in [-0.25, -0.2) is 4.68 Å². The molecule has 0 saturated heterocycles. The molecule has 1 heterocycles. The molecule has 0 radical (unpaired) electrons. The summed E-state index contributed by atoms with van der Waals surface area (Å²) >= 11 is 0. The molecule has 0 aliphatic heterocycles. The van der Waals surface area contributed by atoms with Crippen molar-refractivity contribution < 1.29 is 9.72 Å². The molecule has 0 unspecified atom stereocenters. The van der Waals surface area contributed by atoms with Crippen LogP contribution in [0.4, 0.5) is 5.69 Å². The lowest BCUT2D eigenvalue weighted by molar-refractivity contribution is -0.384. The number of nitro benzene ring substituents is 1. The number of nitro groups is 1. The predicted molar refractivity (Wildman–Crippen MR) is 94.9 cm³/mol. The second kappa shape index (κ2) is 7.90. The van der Waals surface area contributed by atoms with Gasteiger partial charge in [0, 0.05) is 24.7 Å². The van der Waals surface area contributed by atoms with E-state index in [0.29, 0.717) is 18.7 Å². The number of non-ortho nitro benzene ring substituents is 1. The largest absolute Gasteiger partial charge is 0.354 e. The summed E-state index contributed by atoms with van der Waals surface area (Å²) in [4.78, 5) is 34.2. The monoisotopic (exact) mass is 356 g/mol. The third-order valence-electron chi connectivity index (χ3n) is 4.43. The van der Waals surface area contributed by atoms with Gasteiger partial charge in [0.1, 0.15) is 0 Å². The highest BCUT2D eigenvalue weighted by Crippen LogP contribution is 2.16. The summed E-state index contributed by atoms with van der Waals surface area (Å²) in [5.74, 6) is -0.204. The highest BCUT2D eigenvalue weighted by atomic mass is 16.6. The summed E-state index contributed by atoms with van der Waals surface area (Å²) in [5.41, 5.74) is 2.56. The second-order valence-electron chi connectivity index (χ2n) is 6.34. The Morgan fingerprint density at radius 3 is 2.69 bits per heavy atom. The van der Waals surface area contributed by atoms with Crippen molar-refractivity contribution in [3.05, 3.63) is 67.6 Å². The van der Waals surface area contributed by atoms with Crippen molar-refractivity contribution in [3.63, 3.8) is 0 Å². The zero-order valence-corrected chi connectivity index (χ0v) is 14.3. The maximum absolute atomic E-state index is 12.1. The van der Waals surface area contributed by atoms with Gasteiger partial charge in [-0.05, 0) is 36.8 Å². The summed E-state index contributed by atoms with van der Waals surface area (Å²) in [6, 6.07) is 7.53. The number of nitrogens with zero attached hydrogens (tertiary/aromatic N) is 3. The first kappa shape index (κ1) is 17.8. The van der Waals surface area contributed by atoms with Crippen LogP contribution in [0, 0.1) is 10.1 Å². The molecule has 3 rings (SSSR count). The van der Waals surface area contributed by atoms with Gasteiger partial charge < -0.3 is 5.32 Å². The van der Waals surface area contributed by atoms with Crippen LogP contribution in [0.3, 0.4) is 0 Å². The standard InChI is InChI=1S/C18H20N4O4/c23-17(11-13-5-7-15(8-6-13)22(25)26)19-9-10-21-18(24)12-14-3-1-2-4-16(14)20-21/h5-8,12H,1-4,9-11H2,(H,19,23). The lowest BCUT2D eigenvalue weighted by Gasteiger charge is -2.16. The Kier molecular flexibility index (Phi) is 5.40. The molecular weight excluding hydrogens is 336 g/mol. The molecule has 1 aromatic carbocycles. The van der Waals surface area contributed by atoms with Gasteiger partial charge in [0.25, 0.3) is 11.2 Å². The molecule has 1 aliphatic rings. The average molecular weight is 356 g/mol. The van der Waals surface area contributed by atoms with E-state index < -0.39 is 4.92 Å². The van der Waals surface area contributed by atoms with Gasteiger partial charge in [-0.1, -0.05) is 12.1 Å². The average Bonchev–Trinajstić information content (AvgIpc) is 2.62. The molecule has 0 spiro atoms. The van der Waals surface area contributed by atoms with Gasteiger partial charge >= 0.3 is 0 Å². The zero-order valence-electron chi connectivity index (χ0n) is 14.3. The van der Waals surface area contributed by atoms with Crippen LogP contribution in [-0.2, 0) is 30.6 Å². The molecule has 0 fully saturated rings. The Balaban J connectivity index is 1.52. The number of carbonyl (C=O) groups excluding carboxylic acids is 1. The highest BCUT2D eigenvalue weighted by Gasteiger charge is 2.13. The third-order valence-corrected chi connectivity index (χ3v) is 4.43. The number of hydrogen-bond acceptors (Lipinski definition) is 5. The normalized spacial score (nSPS) is 13.1. The Labute approximate surface area is 150 Å². The number of amides is 1. The van der Waals surface area contributed by atoms with E-state index in [9.17, 15) is 19.7 Å². The molecule has 8 heteroatoms. The first-order chi connectivity index (χ1) is 12.5. The summed E-state index contributed by atoms with van der Waals surface area (Å²) in [5, 5.41) is 17.8. The smallest absolute Gasteiger partial charge is 0.269 e. The fourth-order valence-corrected chi connectivity index (χ4v) is 3.05. The molecule has 1 aromatic heterocycles. The Morgan fingerprint density at radius 1 is 1.23 bits per heavy atom. The minimum atomic E-state index is -0.479. The van der Waals surface area contributed by atoms with Crippen molar-refractivity contribution in [1.29, 1.82) is 0 Å². The topological polar surface area (TPSA) is 107 Å². The van der Waals surface area contributed by atoms with Crippen molar-refractivity contribution in [2.45, 2.75) is 38.6 Å². The molecular formula is C18H20N4O4. The quantitative estimate of drug-likeness (QED) is 0.622. The van der Waals surface area contributed by atoms with E-state index in [4.69, 9.17) is 0 Å². The molecule has 2 aromatic rings. The van der Waals surface area contributed by atoms with E-state index in [1.165, 1.54) is 16.8 Å². The summed E-state index contributed by atoms with van der Waals surface area (Å²) in [6.07, 6.45) is 4.11. The molecule has 8 nitrogen and oxygen atoms in total. The van der Waals surface area contributed by atoms with Crippen molar-refractivity contribution >= 4 is 11.6 Å². The number of carbonyl (C=O) groups is 1. The van der Waals surface area contributed by atoms with E-state index in [1.807, 2.05) is 0 Å². The van der Waals surface area contributed by atoms with Crippen LogP contribution in [0.1, 0.15) is 29.7 Å². The molecule has 1 N–H and O–H groups in total. The van der Waals surface area contributed by atoms with Gasteiger partial charge in [0.05, 0.1) is 23.6 Å². The van der Waals surface area contributed by atoms with Crippen LogP contribution in [-0.4, -0.2) is 27.2 Å². The molecule has 26 heavy (non-hydrogen) atoms. The third kappa shape index (κ3) is 4.33. The van der Waals surface area contributed by atoms with Crippen LogP contribution < -0.4 is 10.9 Å². The lowest BCUT2D eigenvalue weighted by atomic mass is 9.97. The maximum Gasteiger partial charge on any atom is 0.269 e. The molecule has 0 atom stereocenters. The first-order valence-corrected chi connectivity index (χ1v) is 8.63. The minimum absolute atomic E-state index is 0.00739. The number of hydrogen-bond donors (Lipinski definition) is 1. The van der Waals surface area contributed by atoms with Gasteiger partial charge in [0.2, 0.25) is 5.91 Å². The van der Waals surface area contributed by atoms with Gasteiger partial charge in [-0.2, -0.15) is 5.10 Å². The number of fused-ring (bicyclic) bond motifs is 1. The van der Waals surface area contributed by atoms with Crippen molar-refractivity contribution in [2.75, 3.05) is 6.54 Å². The molecule has 0 saturated carbocycles. The van der Waals surface area contributed by atoms with E-state index in [1.54, 1.807) is 18.2 Å².